The van der Waals surface area contributed by atoms with E-state index in [-0.39, 0.29) is 5.91 Å². The lowest BCUT2D eigenvalue weighted by atomic mass is 9.99. The fourth-order valence-electron chi connectivity index (χ4n) is 2.58. The molecular formula is C15H22N2O2. The van der Waals surface area contributed by atoms with Crippen LogP contribution in [0.1, 0.15) is 18.4 Å². The Morgan fingerprint density at radius 1 is 1.47 bits per heavy atom. The first-order chi connectivity index (χ1) is 9.15. The summed E-state index contributed by atoms with van der Waals surface area (Å²) in [5.41, 5.74) is 6.40. The molecule has 1 aromatic rings. The summed E-state index contributed by atoms with van der Waals surface area (Å²) in [5.74, 6) is 1.18. The summed E-state index contributed by atoms with van der Waals surface area (Å²) in [4.78, 5) is 13.1. The maximum Gasteiger partial charge on any atom is 0.231 e. The number of hydrogen-bond donors (Lipinski definition) is 1. The standard InChI is InChI=1S/C15H22N2O2/c1-12-5-2-3-7-14(12)19-11-13-6-4-8-17(9-13)10-15(16)18/h2-3,5,7,13H,4,6,8-11H2,1H3,(H2,16,18)/t13-/m1/s1. The van der Waals surface area contributed by atoms with Crippen LogP contribution >= 0.6 is 0 Å². The van der Waals surface area contributed by atoms with E-state index >= 15 is 0 Å². The minimum atomic E-state index is -0.250. The molecule has 1 amide bonds. The summed E-state index contributed by atoms with van der Waals surface area (Å²) >= 11 is 0. The van der Waals surface area contributed by atoms with Crippen LogP contribution in [0.2, 0.25) is 0 Å². The highest BCUT2D eigenvalue weighted by atomic mass is 16.5. The van der Waals surface area contributed by atoms with Gasteiger partial charge in [0.2, 0.25) is 5.91 Å². The van der Waals surface area contributed by atoms with Gasteiger partial charge >= 0.3 is 0 Å². The zero-order valence-electron chi connectivity index (χ0n) is 11.5. The van der Waals surface area contributed by atoms with Crippen molar-refractivity contribution in [2.75, 3.05) is 26.2 Å². The Bertz CT molecular complexity index is 434. The van der Waals surface area contributed by atoms with Crippen molar-refractivity contribution < 1.29 is 9.53 Å². The van der Waals surface area contributed by atoms with Crippen molar-refractivity contribution in [3.8, 4) is 5.75 Å². The monoisotopic (exact) mass is 262 g/mol. The molecule has 2 rings (SSSR count). The molecule has 0 bridgehead atoms. The molecule has 0 spiro atoms. The van der Waals surface area contributed by atoms with E-state index in [9.17, 15) is 4.79 Å². The van der Waals surface area contributed by atoms with E-state index in [0.717, 1.165) is 37.2 Å². The molecule has 4 nitrogen and oxygen atoms in total. The lowest BCUT2D eigenvalue weighted by Crippen LogP contribution is -2.42. The molecule has 4 heteroatoms. The minimum absolute atomic E-state index is 0.250. The van der Waals surface area contributed by atoms with Crippen molar-refractivity contribution in [2.24, 2.45) is 11.7 Å². The fourth-order valence-corrected chi connectivity index (χ4v) is 2.58. The first kappa shape index (κ1) is 13.9. The van der Waals surface area contributed by atoms with Crippen molar-refractivity contribution in [1.82, 2.24) is 4.90 Å². The van der Waals surface area contributed by atoms with Crippen molar-refractivity contribution in [3.63, 3.8) is 0 Å². The number of primary amides is 1. The Morgan fingerprint density at radius 2 is 2.26 bits per heavy atom. The third kappa shape index (κ3) is 4.24. The van der Waals surface area contributed by atoms with Crippen molar-refractivity contribution in [3.05, 3.63) is 29.8 Å². The number of amides is 1. The average Bonchev–Trinajstić information content (AvgIpc) is 2.37. The van der Waals surface area contributed by atoms with Crippen molar-refractivity contribution >= 4 is 5.91 Å². The number of carbonyl (C=O) groups is 1. The quantitative estimate of drug-likeness (QED) is 0.876. The third-order valence-electron chi connectivity index (χ3n) is 3.55. The van der Waals surface area contributed by atoms with Crippen LogP contribution in [0.3, 0.4) is 0 Å². The van der Waals surface area contributed by atoms with Gasteiger partial charge in [0, 0.05) is 12.5 Å². The zero-order chi connectivity index (χ0) is 13.7. The molecule has 1 aliphatic heterocycles. The Morgan fingerprint density at radius 3 is 3.00 bits per heavy atom. The highest BCUT2D eigenvalue weighted by molar-refractivity contribution is 5.75. The smallest absolute Gasteiger partial charge is 0.231 e. The molecule has 1 aromatic carbocycles. The summed E-state index contributed by atoms with van der Waals surface area (Å²) in [6.07, 6.45) is 2.26. The van der Waals surface area contributed by atoms with E-state index in [1.54, 1.807) is 0 Å². The Labute approximate surface area is 114 Å². The van der Waals surface area contributed by atoms with Crippen LogP contribution < -0.4 is 10.5 Å². The molecule has 0 aliphatic carbocycles. The molecule has 1 saturated heterocycles. The Kier molecular flexibility index (Phi) is 4.80. The van der Waals surface area contributed by atoms with E-state index in [4.69, 9.17) is 10.5 Å². The van der Waals surface area contributed by atoms with E-state index in [1.807, 2.05) is 18.2 Å². The average molecular weight is 262 g/mol. The van der Waals surface area contributed by atoms with Crippen molar-refractivity contribution in [2.45, 2.75) is 19.8 Å². The molecule has 1 atom stereocenters. The molecule has 1 heterocycles. The molecule has 0 radical (unpaired) electrons. The largest absolute Gasteiger partial charge is 0.493 e. The lowest BCUT2D eigenvalue weighted by Gasteiger charge is -2.31. The predicted molar refractivity (Wildman–Crippen MR) is 75.0 cm³/mol. The minimum Gasteiger partial charge on any atom is -0.493 e. The number of nitrogens with two attached hydrogens (primary N) is 1. The zero-order valence-corrected chi connectivity index (χ0v) is 11.5. The number of hydrogen-bond acceptors (Lipinski definition) is 3. The van der Waals surface area contributed by atoms with Crippen LogP contribution in [-0.4, -0.2) is 37.0 Å². The summed E-state index contributed by atoms with van der Waals surface area (Å²) < 4.78 is 5.89. The number of aryl methyl sites for hydroxylation is 1. The molecule has 2 N–H and O–H groups in total. The number of likely N-dealkylation sites (tertiary alicyclic amines) is 1. The third-order valence-corrected chi connectivity index (χ3v) is 3.55. The number of piperidine rings is 1. The van der Waals surface area contributed by atoms with Gasteiger partial charge in [-0.3, -0.25) is 9.69 Å². The predicted octanol–water partition coefficient (Wildman–Crippen LogP) is 1.57. The molecule has 0 unspecified atom stereocenters. The number of rotatable bonds is 5. The number of benzene rings is 1. The normalized spacial score (nSPS) is 20.2. The van der Waals surface area contributed by atoms with E-state index < -0.39 is 0 Å². The highest BCUT2D eigenvalue weighted by Crippen LogP contribution is 2.20. The van der Waals surface area contributed by atoms with Gasteiger partial charge in [-0.05, 0) is 37.9 Å². The summed E-state index contributed by atoms with van der Waals surface area (Å²) in [6.45, 7) is 4.98. The van der Waals surface area contributed by atoms with Gasteiger partial charge < -0.3 is 10.5 Å². The number of carbonyl (C=O) groups excluding carboxylic acids is 1. The van der Waals surface area contributed by atoms with Gasteiger partial charge in [0.1, 0.15) is 5.75 Å². The summed E-state index contributed by atoms with van der Waals surface area (Å²) in [5, 5.41) is 0. The van der Waals surface area contributed by atoms with Crippen LogP contribution in [0.5, 0.6) is 5.75 Å². The molecule has 0 saturated carbocycles. The topological polar surface area (TPSA) is 55.6 Å². The number of nitrogens with zero attached hydrogens (tertiary/aromatic N) is 1. The SMILES string of the molecule is Cc1ccccc1OC[C@@H]1CCCN(CC(N)=O)C1. The fraction of sp³-hybridized carbons (Fsp3) is 0.533. The van der Waals surface area contributed by atoms with Crippen LogP contribution in [0.15, 0.2) is 24.3 Å². The first-order valence-corrected chi connectivity index (χ1v) is 6.84. The van der Waals surface area contributed by atoms with E-state index in [2.05, 4.69) is 17.9 Å². The molecule has 19 heavy (non-hydrogen) atoms. The van der Waals surface area contributed by atoms with Crippen LogP contribution in [-0.2, 0) is 4.79 Å². The molecule has 104 valence electrons. The lowest BCUT2D eigenvalue weighted by molar-refractivity contribution is -0.119. The maximum atomic E-state index is 10.9. The van der Waals surface area contributed by atoms with Gasteiger partial charge in [0.15, 0.2) is 0 Å². The van der Waals surface area contributed by atoms with Crippen molar-refractivity contribution in [1.29, 1.82) is 0 Å². The second-order valence-electron chi connectivity index (χ2n) is 5.29. The number of ether oxygens (including phenoxy) is 1. The Hall–Kier alpha value is -1.55. The summed E-state index contributed by atoms with van der Waals surface area (Å²) in [6, 6.07) is 8.05. The van der Waals surface area contributed by atoms with Gasteiger partial charge in [0.25, 0.3) is 0 Å². The van der Waals surface area contributed by atoms with E-state index in [0.29, 0.717) is 19.1 Å². The van der Waals surface area contributed by atoms with Crippen LogP contribution in [0.25, 0.3) is 0 Å². The van der Waals surface area contributed by atoms with Gasteiger partial charge in [-0.1, -0.05) is 18.2 Å². The first-order valence-electron chi connectivity index (χ1n) is 6.84. The maximum absolute atomic E-state index is 10.9. The molecule has 0 aromatic heterocycles. The van der Waals surface area contributed by atoms with Gasteiger partial charge in [0.05, 0.1) is 13.2 Å². The van der Waals surface area contributed by atoms with Gasteiger partial charge in [-0.2, -0.15) is 0 Å². The van der Waals surface area contributed by atoms with Crippen LogP contribution in [0, 0.1) is 12.8 Å². The van der Waals surface area contributed by atoms with Gasteiger partial charge in [-0.25, -0.2) is 0 Å². The Balaban J connectivity index is 1.82. The second-order valence-corrected chi connectivity index (χ2v) is 5.29. The number of para-hydroxylation sites is 1. The van der Waals surface area contributed by atoms with E-state index in [1.165, 1.54) is 0 Å². The summed E-state index contributed by atoms with van der Waals surface area (Å²) in [7, 11) is 0. The molecular weight excluding hydrogens is 240 g/mol. The molecule has 1 fully saturated rings. The van der Waals surface area contributed by atoms with Crippen LogP contribution in [0.4, 0.5) is 0 Å². The highest BCUT2D eigenvalue weighted by Gasteiger charge is 2.21. The molecule has 1 aliphatic rings. The second kappa shape index (κ2) is 6.57. The van der Waals surface area contributed by atoms with Gasteiger partial charge in [-0.15, -0.1) is 0 Å².